The zero-order valence-electron chi connectivity index (χ0n) is 10.9. The number of aliphatic carboxylic acids is 1. The molecule has 2 aromatic rings. The molecule has 0 saturated heterocycles. The fourth-order valence-corrected chi connectivity index (χ4v) is 2.08. The predicted octanol–water partition coefficient (Wildman–Crippen LogP) is 1.61. The van der Waals surface area contributed by atoms with Gasteiger partial charge in [-0.1, -0.05) is 18.2 Å². The lowest BCUT2D eigenvalue weighted by Gasteiger charge is -2.09. The molecule has 1 heterocycles. The number of aromatic amines is 1. The largest absolute Gasteiger partial charge is 0.480 e. The van der Waals surface area contributed by atoms with Gasteiger partial charge in [0.1, 0.15) is 6.04 Å². The van der Waals surface area contributed by atoms with Crippen LogP contribution in [-0.2, 0) is 16.0 Å². The Hall–Kier alpha value is -2.30. The summed E-state index contributed by atoms with van der Waals surface area (Å²) in [5.74, 6) is -1.33. The fourth-order valence-electron chi connectivity index (χ4n) is 2.08. The highest BCUT2D eigenvalue weighted by Crippen LogP contribution is 2.22. The van der Waals surface area contributed by atoms with E-state index in [1.165, 1.54) is 6.92 Å². The van der Waals surface area contributed by atoms with E-state index in [2.05, 4.69) is 10.3 Å². The first-order chi connectivity index (χ1) is 8.99. The Morgan fingerprint density at radius 2 is 2.05 bits per heavy atom. The van der Waals surface area contributed by atoms with Crippen LogP contribution in [0, 0.1) is 6.92 Å². The third kappa shape index (κ3) is 2.76. The summed E-state index contributed by atoms with van der Waals surface area (Å²) in [4.78, 5) is 25.7. The quantitative estimate of drug-likeness (QED) is 0.781. The molecule has 0 unspecified atom stereocenters. The number of carboxylic acid groups (broad SMARTS) is 1. The third-order valence-corrected chi connectivity index (χ3v) is 3.11. The minimum Gasteiger partial charge on any atom is -0.480 e. The van der Waals surface area contributed by atoms with E-state index in [1.807, 2.05) is 31.2 Å². The van der Waals surface area contributed by atoms with Gasteiger partial charge in [0.25, 0.3) is 0 Å². The molecule has 0 aliphatic carbocycles. The number of carboxylic acids is 1. The van der Waals surface area contributed by atoms with Crippen molar-refractivity contribution in [1.82, 2.24) is 10.3 Å². The number of rotatable bonds is 4. The highest BCUT2D eigenvalue weighted by Gasteiger charge is 2.16. The Labute approximate surface area is 110 Å². The Balaban J connectivity index is 2.19. The van der Waals surface area contributed by atoms with Crippen LogP contribution in [0.2, 0.25) is 0 Å². The van der Waals surface area contributed by atoms with Gasteiger partial charge >= 0.3 is 5.97 Å². The number of amides is 1. The molecule has 0 spiro atoms. The molecule has 0 aliphatic heterocycles. The maximum atomic E-state index is 11.8. The van der Waals surface area contributed by atoms with Crippen LogP contribution >= 0.6 is 0 Å². The van der Waals surface area contributed by atoms with Crippen molar-refractivity contribution in [1.29, 1.82) is 0 Å². The van der Waals surface area contributed by atoms with E-state index in [0.717, 1.165) is 22.2 Å². The highest BCUT2D eigenvalue weighted by atomic mass is 16.4. The van der Waals surface area contributed by atoms with Crippen LogP contribution in [0.1, 0.15) is 18.2 Å². The maximum absolute atomic E-state index is 11.8. The lowest BCUT2D eigenvalue weighted by Crippen LogP contribution is -2.39. The first kappa shape index (κ1) is 13.1. The summed E-state index contributed by atoms with van der Waals surface area (Å²) in [6, 6.07) is 6.86. The van der Waals surface area contributed by atoms with Gasteiger partial charge in [0.15, 0.2) is 0 Å². The van der Waals surface area contributed by atoms with Crippen molar-refractivity contribution < 1.29 is 14.7 Å². The summed E-state index contributed by atoms with van der Waals surface area (Å²) in [7, 11) is 0. The molecule has 1 amide bonds. The summed E-state index contributed by atoms with van der Waals surface area (Å²) in [5.41, 5.74) is 2.82. The fraction of sp³-hybridized carbons (Fsp3) is 0.286. The molecule has 3 N–H and O–H groups in total. The number of nitrogens with one attached hydrogen (secondary N) is 2. The van der Waals surface area contributed by atoms with Gasteiger partial charge in [0.05, 0.1) is 6.42 Å². The minimum absolute atomic E-state index is 0.174. The predicted molar refractivity (Wildman–Crippen MR) is 72.0 cm³/mol. The molecule has 1 aromatic carbocycles. The Bertz CT molecular complexity index is 631. The van der Waals surface area contributed by atoms with Crippen molar-refractivity contribution in [2.45, 2.75) is 26.3 Å². The van der Waals surface area contributed by atoms with Crippen molar-refractivity contribution >= 4 is 22.8 Å². The molecular weight excluding hydrogens is 244 g/mol. The van der Waals surface area contributed by atoms with Gasteiger partial charge in [-0.15, -0.1) is 0 Å². The van der Waals surface area contributed by atoms with Gasteiger partial charge in [-0.05, 0) is 25.5 Å². The summed E-state index contributed by atoms with van der Waals surface area (Å²) < 4.78 is 0. The highest BCUT2D eigenvalue weighted by molar-refractivity contribution is 5.91. The second-order valence-electron chi connectivity index (χ2n) is 4.58. The number of hydrogen-bond donors (Lipinski definition) is 3. The molecule has 1 atom stereocenters. The van der Waals surface area contributed by atoms with Crippen molar-refractivity contribution in [3.05, 3.63) is 35.5 Å². The normalized spacial score (nSPS) is 12.3. The second-order valence-corrected chi connectivity index (χ2v) is 4.58. The maximum Gasteiger partial charge on any atom is 0.325 e. The van der Waals surface area contributed by atoms with Crippen LogP contribution in [0.4, 0.5) is 0 Å². The van der Waals surface area contributed by atoms with Gasteiger partial charge < -0.3 is 15.4 Å². The summed E-state index contributed by atoms with van der Waals surface area (Å²) >= 11 is 0. The molecule has 0 bridgehead atoms. The lowest BCUT2D eigenvalue weighted by atomic mass is 10.1. The van der Waals surface area contributed by atoms with E-state index in [0.29, 0.717) is 0 Å². The number of aromatic nitrogens is 1. The van der Waals surface area contributed by atoms with E-state index < -0.39 is 12.0 Å². The average molecular weight is 260 g/mol. The van der Waals surface area contributed by atoms with Gasteiger partial charge in [-0.25, -0.2) is 0 Å². The first-order valence-electron chi connectivity index (χ1n) is 6.07. The molecular formula is C14H16N2O3. The lowest BCUT2D eigenvalue weighted by molar-refractivity contribution is -0.141. The molecule has 100 valence electrons. The minimum atomic E-state index is -1.04. The summed E-state index contributed by atoms with van der Waals surface area (Å²) in [6.45, 7) is 3.35. The number of benzene rings is 1. The molecule has 0 radical (unpaired) electrons. The smallest absolute Gasteiger partial charge is 0.325 e. The van der Waals surface area contributed by atoms with Crippen LogP contribution < -0.4 is 5.32 Å². The van der Waals surface area contributed by atoms with Gasteiger partial charge in [-0.2, -0.15) is 0 Å². The number of para-hydroxylation sites is 1. The number of H-pyrrole nitrogens is 1. The molecule has 5 nitrogen and oxygen atoms in total. The second kappa shape index (κ2) is 5.14. The molecule has 0 saturated carbocycles. The van der Waals surface area contributed by atoms with Crippen LogP contribution in [0.3, 0.4) is 0 Å². The van der Waals surface area contributed by atoms with E-state index in [9.17, 15) is 9.59 Å². The van der Waals surface area contributed by atoms with Gasteiger partial charge in [-0.3, -0.25) is 9.59 Å². The van der Waals surface area contributed by atoms with Crippen molar-refractivity contribution in [2.75, 3.05) is 0 Å². The van der Waals surface area contributed by atoms with E-state index in [1.54, 1.807) is 0 Å². The van der Waals surface area contributed by atoms with Crippen LogP contribution in [0.15, 0.2) is 24.3 Å². The molecule has 19 heavy (non-hydrogen) atoms. The SMILES string of the molecule is Cc1[nH]c2ccccc2c1CC(=O)N[C@@H](C)C(=O)O. The Morgan fingerprint density at radius 3 is 2.74 bits per heavy atom. The van der Waals surface area contributed by atoms with Gasteiger partial charge in [0, 0.05) is 16.6 Å². The molecule has 5 heteroatoms. The zero-order valence-corrected chi connectivity index (χ0v) is 10.9. The zero-order chi connectivity index (χ0) is 14.0. The number of carbonyl (C=O) groups is 2. The summed E-state index contributed by atoms with van der Waals surface area (Å²) in [5, 5.41) is 12.2. The van der Waals surface area contributed by atoms with Crippen LogP contribution in [0.25, 0.3) is 10.9 Å². The molecule has 1 aromatic heterocycles. The average Bonchev–Trinajstić information content (AvgIpc) is 2.66. The summed E-state index contributed by atoms with van der Waals surface area (Å²) in [6.07, 6.45) is 0.174. The van der Waals surface area contributed by atoms with Gasteiger partial charge in [0.2, 0.25) is 5.91 Å². The van der Waals surface area contributed by atoms with Crippen molar-refractivity contribution in [3.8, 4) is 0 Å². The van der Waals surface area contributed by atoms with Crippen molar-refractivity contribution in [2.24, 2.45) is 0 Å². The monoisotopic (exact) mass is 260 g/mol. The van der Waals surface area contributed by atoms with E-state index in [-0.39, 0.29) is 12.3 Å². The van der Waals surface area contributed by atoms with Crippen LogP contribution in [0.5, 0.6) is 0 Å². The Kier molecular flexibility index (Phi) is 3.55. The van der Waals surface area contributed by atoms with E-state index in [4.69, 9.17) is 5.11 Å². The van der Waals surface area contributed by atoms with Crippen LogP contribution in [-0.4, -0.2) is 28.0 Å². The molecule has 0 fully saturated rings. The standard InChI is InChI=1S/C14H16N2O3/c1-8-11(7-13(17)16-9(2)14(18)19)10-5-3-4-6-12(10)15-8/h3-6,9,15H,7H2,1-2H3,(H,16,17)(H,18,19)/t9-/m0/s1. The Morgan fingerprint density at radius 1 is 1.37 bits per heavy atom. The topological polar surface area (TPSA) is 82.2 Å². The molecule has 2 rings (SSSR count). The van der Waals surface area contributed by atoms with Crippen molar-refractivity contribution in [3.63, 3.8) is 0 Å². The number of hydrogen-bond acceptors (Lipinski definition) is 2. The third-order valence-electron chi connectivity index (χ3n) is 3.11. The van der Waals surface area contributed by atoms with E-state index >= 15 is 0 Å². The molecule has 0 aliphatic rings. The number of fused-ring (bicyclic) bond motifs is 1. The number of carbonyl (C=O) groups excluding carboxylic acids is 1. The number of aryl methyl sites for hydroxylation is 1. The first-order valence-corrected chi connectivity index (χ1v) is 6.07.